The highest BCUT2D eigenvalue weighted by molar-refractivity contribution is 7.71. The summed E-state index contributed by atoms with van der Waals surface area (Å²) in [4.78, 5) is 18.9. The van der Waals surface area contributed by atoms with Gasteiger partial charge in [0, 0.05) is 31.2 Å². The van der Waals surface area contributed by atoms with Crippen molar-refractivity contribution in [1.82, 2.24) is 19.9 Å². The molecule has 0 radical (unpaired) electrons. The Balaban J connectivity index is 1.61. The van der Waals surface area contributed by atoms with Gasteiger partial charge < -0.3 is 15.6 Å². The molecule has 0 unspecified atom stereocenters. The maximum Gasteiger partial charge on any atom is 0.417 e. The lowest BCUT2D eigenvalue weighted by Gasteiger charge is -2.12. The first-order chi connectivity index (χ1) is 14.2. The molecule has 0 aliphatic heterocycles. The number of halogens is 5. The van der Waals surface area contributed by atoms with Crippen molar-refractivity contribution >= 4 is 35.5 Å². The molecule has 6 nitrogen and oxygen atoms in total. The van der Waals surface area contributed by atoms with Crippen LogP contribution in [0.25, 0.3) is 5.69 Å². The van der Waals surface area contributed by atoms with Crippen LogP contribution in [0.15, 0.2) is 42.7 Å². The number of pyridine rings is 1. The Bertz CT molecular complexity index is 1110. The van der Waals surface area contributed by atoms with Gasteiger partial charge in [-0.05, 0) is 42.5 Å². The Labute approximate surface area is 177 Å². The van der Waals surface area contributed by atoms with Gasteiger partial charge in [-0.15, -0.1) is 0 Å². The van der Waals surface area contributed by atoms with Gasteiger partial charge in [0.05, 0.1) is 10.6 Å². The average Bonchev–Trinajstić information content (AvgIpc) is 3.07. The number of H-pyrrole nitrogens is 1. The van der Waals surface area contributed by atoms with Crippen LogP contribution >= 0.6 is 23.8 Å². The normalized spacial score (nSPS) is 11.4. The third-order valence-electron chi connectivity index (χ3n) is 3.97. The van der Waals surface area contributed by atoms with E-state index >= 15 is 0 Å². The van der Waals surface area contributed by atoms with Gasteiger partial charge in [0.15, 0.2) is 4.77 Å². The van der Waals surface area contributed by atoms with Crippen molar-refractivity contribution in [3.63, 3.8) is 0 Å². The molecule has 0 fully saturated rings. The molecule has 158 valence electrons. The first kappa shape index (κ1) is 21.8. The topological polar surface area (TPSA) is 74.7 Å². The molecule has 0 aliphatic carbocycles. The Morgan fingerprint density at radius 2 is 1.93 bits per heavy atom. The van der Waals surface area contributed by atoms with E-state index in [2.05, 4.69) is 20.6 Å². The summed E-state index contributed by atoms with van der Waals surface area (Å²) < 4.78 is 52.8. The van der Waals surface area contributed by atoms with Crippen molar-refractivity contribution in [2.75, 3.05) is 18.4 Å². The molecular weight excluding hydrogens is 446 g/mol. The van der Waals surface area contributed by atoms with Crippen molar-refractivity contribution in [3.8, 4) is 5.69 Å². The summed E-state index contributed by atoms with van der Waals surface area (Å²) in [5.41, 5.74) is -0.243. The summed E-state index contributed by atoms with van der Waals surface area (Å²) in [6.07, 6.45) is -2.45. The van der Waals surface area contributed by atoms with Gasteiger partial charge in [-0.2, -0.15) is 13.2 Å². The highest BCUT2D eigenvalue weighted by atomic mass is 35.5. The number of hydrogen-bond acceptors (Lipinski definition) is 4. The Morgan fingerprint density at radius 3 is 2.57 bits per heavy atom. The van der Waals surface area contributed by atoms with E-state index in [0.717, 1.165) is 6.07 Å². The lowest BCUT2D eigenvalue weighted by atomic mass is 10.3. The van der Waals surface area contributed by atoms with E-state index in [-0.39, 0.29) is 34.4 Å². The number of alkyl halides is 3. The van der Waals surface area contributed by atoms with E-state index in [1.807, 2.05) is 0 Å². The molecule has 12 heteroatoms. The van der Waals surface area contributed by atoms with Crippen LogP contribution in [0.1, 0.15) is 16.1 Å². The van der Waals surface area contributed by atoms with Crippen molar-refractivity contribution in [2.45, 2.75) is 6.18 Å². The number of amides is 1. The number of rotatable bonds is 6. The average molecular weight is 460 g/mol. The molecule has 2 aromatic heterocycles. The SMILES string of the molecule is O=C(NCCNc1ncc(C(F)(F)F)cc1Cl)c1c[nH]c(=S)n1-c1ccc(F)cc1. The van der Waals surface area contributed by atoms with Crippen LogP contribution in [-0.4, -0.2) is 33.5 Å². The second-order valence-corrected chi connectivity index (χ2v) is 6.82. The summed E-state index contributed by atoms with van der Waals surface area (Å²) in [6.45, 7) is 0.282. The minimum atomic E-state index is -4.54. The van der Waals surface area contributed by atoms with Gasteiger partial charge in [-0.1, -0.05) is 11.6 Å². The van der Waals surface area contributed by atoms with E-state index in [4.69, 9.17) is 23.8 Å². The number of carbonyl (C=O) groups is 1. The predicted octanol–water partition coefficient (Wildman–Crippen LogP) is 4.58. The standard InChI is InChI=1S/C18H14ClF4N5OS/c19-13-7-10(18(21,22)23)8-26-15(13)24-5-6-25-16(29)14-9-27-17(30)28(14)12-3-1-11(20)2-4-12/h1-4,7-9H,5-6H2,(H,24,26)(H,25,29)(H,27,30). The van der Waals surface area contributed by atoms with E-state index in [1.165, 1.54) is 35.0 Å². The largest absolute Gasteiger partial charge is 0.417 e. The summed E-state index contributed by atoms with van der Waals surface area (Å²) in [7, 11) is 0. The maximum atomic E-state index is 13.1. The number of benzene rings is 1. The highest BCUT2D eigenvalue weighted by Crippen LogP contribution is 2.32. The molecule has 0 atom stereocenters. The molecule has 1 aromatic carbocycles. The highest BCUT2D eigenvalue weighted by Gasteiger charge is 2.31. The van der Waals surface area contributed by atoms with Crippen LogP contribution in [-0.2, 0) is 6.18 Å². The van der Waals surface area contributed by atoms with Crippen molar-refractivity contribution in [2.24, 2.45) is 0 Å². The second kappa shape index (κ2) is 8.84. The van der Waals surface area contributed by atoms with Gasteiger partial charge in [-0.25, -0.2) is 9.37 Å². The molecule has 30 heavy (non-hydrogen) atoms. The lowest BCUT2D eigenvalue weighted by Crippen LogP contribution is -2.30. The third-order valence-corrected chi connectivity index (χ3v) is 4.55. The minimum Gasteiger partial charge on any atom is -0.367 e. The predicted molar refractivity (Wildman–Crippen MR) is 106 cm³/mol. The number of nitrogens with one attached hydrogen (secondary N) is 3. The molecule has 3 N–H and O–H groups in total. The molecule has 0 saturated heterocycles. The Hall–Kier alpha value is -2.92. The second-order valence-electron chi connectivity index (χ2n) is 6.03. The van der Waals surface area contributed by atoms with Crippen LogP contribution in [0.2, 0.25) is 5.02 Å². The zero-order valence-electron chi connectivity index (χ0n) is 15.1. The molecule has 0 bridgehead atoms. The van der Waals surface area contributed by atoms with E-state index < -0.39 is 23.5 Å². The monoisotopic (exact) mass is 459 g/mol. The van der Waals surface area contributed by atoms with Gasteiger partial charge in [0.1, 0.15) is 17.3 Å². The van der Waals surface area contributed by atoms with Gasteiger partial charge >= 0.3 is 6.18 Å². The summed E-state index contributed by atoms with van der Waals surface area (Å²) in [6, 6.07) is 6.23. The van der Waals surface area contributed by atoms with Crippen molar-refractivity contribution in [1.29, 1.82) is 0 Å². The summed E-state index contributed by atoms with van der Waals surface area (Å²) in [5.74, 6) is -0.817. The lowest BCUT2D eigenvalue weighted by molar-refractivity contribution is -0.137. The van der Waals surface area contributed by atoms with Crippen LogP contribution < -0.4 is 10.6 Å². The number of aromatic nitrogens is 3. The number of aromatic amines is 1. The first-order valence-electron chi connectivity index (χ1n) is 8.48. The van der Waals surface area contributed by atoms with E-state index in [1.54, 1.807) is 0 Å². The summed E-state index contributed by atoms with van der Waals surface area (Å²) >= 11 is 11.0. The van der Waals surface area contributed by atoms with Crippen LogP contribution in [0.4, 0.5) is 23.4 Å². The number of anilines is 1. The van der Waals surface area contributed by atoms with Crippen molar-refractivity contribution < 1.29 is 22.4 Å². The quantitative estimate of drug-likeness (QED) is 0.286. The molecule has 0 spiro atoms. The fraction of sp³-hybridized carbons (Fsp3) is 0.167. The van der Waals surface area contributed by atoms with E-state index in [9.17, 15) is 22.4 Å². The van der Waals surface area contributed by atoms with Gasteiger partial charge in [-0.3, -0.25) is 9.36 Å². The number of hydrogen-bond donors (Lipinski definition) is 3. The van der Waals surface area contributed by atoms with Crippen LogP contribution in [0.3, 0.4) is 0 Å². The fourth-order valence-corrected chi connectivity index (χ4v) is 3.05. The zero-order valence-corrected chi connectivity index (χ0v) is 16.6. The van der Waals surface area contributed by atoms with Crippen molar-refractivity contribution in [3.05, 3.63) is 69.6 Å². The fourth-order valence-electron chi connectivity index (χ4n) is 2.55. The van der Waals surface area contributed by atoms with E-state index in [0.29, 0.717) is 11.9 Å². The smallest absolute Gasteiger partial charge is 0.367 e. The van der Waals surface area contributed by atoms with Crippen LogP contribution in [0, 0.1) is 10.6 Å². The Morgan fingerprint density at radius 1 is 1.23 bits per heavy atom. The Kier molecular flexibility index (Phi) is 6.42. The number of nitrogens with zero attached hydrogens (tertiary/aromatic N) is 2. The van der Waals surface area contributed by atoms with Gasteiger partial charge in [0.25, 0.3) is 5.91 Å². The first-order valence-corrected chi connectivity index (χ1v) is 9.26. The molecule has 0 saturated carbocycles. The number of carbonyl (C=O) groups excluding carboxylic acids is 1. The third kappa shape index (κ3) is 4.97. The number of imidazole rings is 1. The van der Waals surface area contributed by atoms with Crippen LogP contribution in [0.5, 0.6) is 0 Å². The molecular formula is C18H14ClF4N5OS. The molecule has 3 rings (SSSR count). The maximum absolute atomic E-state index is 13.1. The summed E-state index contributed by atoms with van der Waals surface area (Å²) in [5, 5.41) is 5.21. The molecule has 3 aromatic rings. The van der Waals surface area contributed by atoms with Gasteiger partial charge in [0.2, 0.25) is 0 Å². The molecule has 2 heterocycles. The minimum absolute atomic E-state index is 0.0646. The zero-order chi connectivity index (χ0) is 21.9. The molecule has 1 amide bonds. The molecule has 0 aliphatic rings.